The van der Waals surface area contributed by atoms with Crippen molar-refractivity contribution in [2.45, 2.75) is 25.1 Å². The average molecular weight is 406 g/mol. The lowest BCUT2D eigenvalue weighted by atomic mass is 10.1. The fraction of sp³-hybridized carbons (Fsp3) is 0.211. The van der Waals surface area contributed by atoms with Gasteiger partial charge < -0.3 is 10.4 Å². The average Bonchev–Trinajstić information content (AvgIpc) is 3.28. The number of nitrogens with one attached hydrogen (secondary N) is 1. The number of amides is 1. The van der Waals surface area contributed by atoms with Gasteiger partial charge in [0.05, 0.1) is 11.7 Å². The van der Waals surface area contributed by atoms with Crippen LogP contribution >= 0.6 is 0 Å². The first kappa shape index (κ1) is 18.9. The van der Waals surface area contributed by atoms with Crippen molar-refractivity contribution >= 4 is 5.91 Å². The van der Waals surface area contributed by atoms with Crippen LogP contribution in [-0.2, 0) is 12.6 Å². The third kappa shape index (κ3) is 3.41. The molecule has 1 atom stereocenters. The largest absolute Gasteiger partial charge is 0.508 e. The number of rotatable bonds is 3. The number of aromatic nitrogens is 3. The summed E-state index contributed by atoms with van der Waals surface area (Å²) in [4.78, 5) is 12.6. The van der Waals surface area contributed by atoms with E-state index in [1.807, 2.05) is 0 Å². The Morgan fingerprint density at radius 1 is 1.17 bits per heavy atom. The molecule has 1 amide bonds. The van der Waals surface area contributed by atoms with Crippen LogP contribution in [0, 0.1) is 5.82 Å². The molecule has 2 N–H and O–H groups in total. The van der Waals surface area contributed by atoms with Crippen LogP contribution in [0.1, 0.15) is 39.8 Å². The third-order valence-corrected chi connectivity index (χ3v) is 4.78. The van der Waals surface area contributed by atoms with E-state index in [1.165, 1.54) is 6.07 Å². The highest BCUT2D eigenvalue weighted by atomic mass is 19.4. The Bertz CT molecular complexity index is 1080. The normalized spacial score (nSPS) is 15.9. The maximum Gasteiger partial charge on any atom is 0.435 e. The first-order valence-corrected chi connectivity index (χ1v) is 8.66. The van der Waals surface area contributed by atoms with Crippen LogP contribution in [0.2, 0.25) is 0 Å². The quantitative estimate of drug-likeness (QED) is 0.652. The molecule has 3 aromatic rings. The fourth-order valence-corrected chi connectivity index (χ4v) is 3.46. The van der Waals surface area contributed by atoms with E-state index in [2.05, 4.69) is 15.6 Å². The minimum absolute atomic E-state index is 0.0810. The fourth-order valence-electron chi connectivity index (χ4n) is 3.46. The smallest absolute Gasteiger partial charge is 0.435 e. The molecule has 0 saturated heterocycles. The van der Waals surface area contributed by atoms with E-state index in [-0.39, 0.29) is 11.4 Å². The maximum atomic E-state index is 13.7. The summed E-state index contributed by atoms with van der Waals surface area (Å²) in [5, 5.41) is 19.3. The monoisotopic (exact) mass is 406 g/mol. The molecule has 29 heavy (non-hydrogen) atoms. The lowest BCUT2D eigenvalue weighted by Gasteiger charge is -2.15. The van der Waals surface area contributed by atoms with Crippen LogP contribution in [0.15, 0.2) is 42.5 Å². The Balaban J connectivity index is 1.68. The predicted octanol–water partition coefficient (Wildman–Crippen LogP) is 3.55. The molecule has 0 spiro atoms. The Morgan fingerprint density at radius 2 is 1.90 bits per heavy atom. The SMILES string of the molecule is O=C(NC1CCc2c(O)cccc21)c1nnn(-c2ccc(F)cc2)c1C(F)(F)F. The van der Waals surface area contributed by atoms with Gasteiger partial charge in [0.1, 0.15) is 11.6 Å². The van der Waals surface area contributed by atoms with E-state index in [0.29, 0.717) is 28.7 Å². The molecule has 0 bridgehead atoms. The number of phenolic OH excluding ortho intramolecular Hbond substituents is 1. The number of benzene rings is 2. The van der Waals surface area contributed by atoms with Crippen molar-refractivity contribution in [3.05, 3.63) is 70.8 Å². The molecule has 10 heteroatoms. The molecule has 2 aromatic carbocycles. The molecule has 1 aliphatic rings. The summed E-state index contributed by atoms with van der Waals surface area (Å²) in [6, 6.07) is 8.45. The number of alkyl halides is 3. The van der Waals surface area contributed by atoms with E-state index in [9.17, 15) is 27.5 Å². The van der Waals surface area contributed by atoms with Crippen molar-refractivity contribution in [1.82, 2.24) is 20.3 Å². The molecule has 0 fully saturated rings. The van der Waals surface area contributed by atoms with Gasteiger partial charge in [-0.25, -0.2) is 9.07 Å². The Labute approximate surface area is 161 Å². The van der Waals surface area contributed by atoms with Crippen molar-refractivity contribution in [3.8, 4) is 11.4 Å². The molecule has 1 heterocycles. The minimum atomic E-state index is -4.92. The highest BCUT2D eigenvalue weighted by Gasteiger charge is 2.42. The van der Waals surface area contributed by atoms with Crippen molar-refractivity contribution in [3.63, 3.8) is 0 Å². The van der Waals surface area contributed by atoms with Gasteiger partial charge in [-0.2, -0.15) is 13.2 Å². The summed E-state index contributed by atoms with van der Waals surface area (Å²) in [5.41, 5.74) is -1.01. The molecule has 1 aliphatic carbocycles. The van der Waals surface area contributed by atoms with Crippen LogP contribution in [0.3, 0.4) is 0 Å². The van der Waals surface area contributed by atoms with Gasteiger partial charge in [-0.3, -0.25) is 4.79 Å². The molecule has 1 aromatic heterocycles. The van der Waals surface area contributed by atoms with E-state index in [1.54, 1.807) is 12.1 Å². The van der Waals surface area contributed by atoms with E-state index in [4.69, 9.17) is 0 Å². The van der Waals surface area contributed by atoms with Crippen LogP contribution < -0.4 is 5.32 Å². The van der Waals surface area contributed by atoms with Gasteiger partial charge in [0, 0.05) is 0 Å². The predicted molar refractivity (Wildman–Crippen MR) is 93.0 cm³/mol. The summed E-state index contributed by atoms with van der Waals surface area (Å²) in [5.74, 6) is -1.58. The number of carbonyl (C=O) groups excluding carboxylic acids is 1. The summed E-state index contributed by atoms with van der Waals surface area (Å²) in [6.45, 7) is 0. The molecular formula is C19H14F4N4O2. The first-order valence-electron chi connectivity index (χ1n) is 8.66. The molecule has 0 radical (unpaired) electrons. The van der Waals surface area contributed by atoms with Gasteiger partial charge in [-0.15, -0.1) is 5.10 Å². The van der Waals surface area contributed by atoms with Crippen molar-refractivity contribution in [1.29, 1.82) is 0 Å². The molecule has 0 saturated carbocycles. The lowest BCUT2D eigenvalue weighted by molar-refractivity contribution is -0.143. The van der Waals surface area contributed by atoms with Crippen molar-refractivity contribution in [2.75, 3.05) is 0 Å². The second-order valence-electron chi connectivity index (χ2n) is 6.58. The third-order valence-electron chi connectivity index (χ3n) is 4.78. The Kier molecular flexibility index (Phi) is 4.48. The van der Waals surface area contributed by atoms with Gasteiger partial charge in [0.2, 0.25) is 0 Å². The summed E-state index contributed by atoms with van der Waals surface area (Å²) >= 11 is 0. The Hall–Kier alpha value is -3.43. The standard InChI is InChI=1S/C19H14F4N4O2/c20-10-4-6-11(7-5-10)27-17(19(21,22)23)16(25-26-27)18(29)24-14-9-8-13-12(14)2-1-3-15(13)28/h1-7,14,28H,8-9H2,(H,24,29). The summed E-state index contributed by atoms with van der Waals surface area (Å²) in [6.07, 6.45) is -4.00. The van der Waals surface area contributed by atoms with Gasteiger partial charge in [-0.1, -0.05) is 17.3 Å². The highest BCUT2D eigenvalue weighted by Crippen LogP contribution is 2.37. The zero-order valence-electron chi connectivity index (χ0n) is 14.7. The molecule has 6 nitrogen and oxygen atoms in total. The maximum absolute atomic E-state index is 13.7. The van der Waals surface area contributed by atoms with E-state index >= 15 is 0 Å². The zero-order valence-corrected chi connectivity index (χ0v) is 14.7. The van der Waals surface area contributed by atoms with E-state index in [0.717, 1.165) is 24.3 Å². The number of hydrogen-bond acceptors (Lipinski definition) is 4. The van der Waals surface area contributed by atoms with Crippen LogP contribution in [0.4, 0.5) is 17.6 Å². The zero-order chi connectivity index (χ0) is 20.8. The highest BCUT2D eigenvalue weighted by molar-refractivity contribution is 5.94. The first-order chi connectivity index (χ1) is 13.8. The van der Waals surface area contributed by atoms with E-state index < -0.39 is 35.3 Å². The second-order valence-corrected chi connectivity index (χ2v) is 6.58. The number of nitrogens with zero attached hydrogens (tertiary/aromatic N) is 3. The number of phenols is 1. The topological polar surface area (TPSA) is 80.0 Å². The van der Waals surface area contributed by atoms with Gasteiger partial charge in [0.25, 0.3) is 5.91 Å². The second kappa shape index (κ2) is 6.87. The van der Waals surface area contributed by atoms with Gasteiger partial charge >= 0.3 is 6.18 Å². The number of carbonyl (C=O) groups is 1. The molecular weight excluding hydrogens is 392 g/mol. The number of halogens is 4. The van der Waals surface area contributed by atoms with Crippen LogP contribution in [0.5, 0.6) is 5.75 Å². The Morgan fingerprint density at radius 3 is 2.59 bits per heavy atom. The lowest BCUT2D eigenvalue weighted by Crippen LogP contribution is -2.30. The molecule has 150 valence electrons. The van der Waals surface area contributed by atoms with Gasteiger partial charge in [0.15, 0.2) is 11.4 Å². The van der Waals surface area contributed by atoms with Crippen LogP contribution in [-0.4, -0.2) is 26.0 Å². The number of hydrogen-bond donors (Lipinski definition) is 2. The van der Waals surface area contributed by atoms with Crippen LogP contribution in [0.25, 0.3) is 5.69 Å². The molecule has 1 unspecified atom stereocenters. The number of fused-ring (bicyclic) bond motifs is 1. The van der Waals surface area contributed by atoms with Crippen molar-refractivity contribution in [2.24, 2.45) is 0 Å². The summed E-state index contributed by atoms with van der Waals surface area (Å²) in [7, 11) is 0. The number of aromatic hydroxyl groups is 1. The van der Waals surface area contributed by atoms with Crippen molar-refractivity contribution < 1.29 is 27.5 Å². The van der Waals surface area contributed by atoms with Gasteiger partial charge in [-0.05, 0) is 54.3 Å². The molecule has 4 rings (SSSR count). The molecule has 0 aliphatic heterocycles. The minimum Gasteiger partial charge on any atom is -0.508 e. The summed E-state index contributed by atoms with van der Waals surface area (Å²) < 4.78 is 54.6.